The number of pyridine rings is 1. The van der Waals surface area contributed by atoms with Gasteiger partial charge in [0.15, 0.2) is 0 Å². The van der Waals surface area contributed by atoms with Crippen LogP contribution in [0.4, 0.5) is 0 Å². The molecule has 2 aromatic heterocycles. The zero-order chi connectivity index (χ0) is 13.4. The number of thiophene rings is 1. The van der Waals surface area contributed by atoms with E-state index in [9.17, 15) is 4.79 Å². The number of aryl methyl sites for hydroxylation is 1. The number of morpholine rings is 1. The van der Waals surface area contributed by atoms with Crippen LogP contribution < -0.4 is 5.56 Å². The van der Waals surface area contributed by atoms with Gasteiger partial charge in [-0.3, -0.25) is 9.69 Å². The van der Waals surface area contributed by atoms with Crippen molar-refractivity contribution >= 4 is 37.4 Å². The predicted octanol–water partition coefficient (Wildman–Crippen LogP) is 2.19. The van der Waals surface area contributed by atoms with Gasteiger partial charge >= 0.3 is 0 Å². The monoisotopic (exact) mass is 342 g/mol. The molecule has 3 heterocycles. The number of ether oxygens (including phenoxy) is 1. The molecule has 0 bridgehead atoms. The summed E-state index contributed by atoms with van der Waals surface area (Å²) < 4.78 is 9.01. The first kappa shape index (κ1) is 13.3. The molecule has 1 aliphatic heterocycles. The number of rotatable bonds is 2. The van der Waals surface area contributed by atoms with E-state index >= 15 is 0 Å². The molecule has 0 unspecified atom stereocenters. The van der Waals surface area contributed by atoms with Gasteiger partial charge < -0.3 is 9.30 Å². The van der Waals surface area contributed by atoms with Crippen LogP contribution in [-0.2, 0) is 18.3 Å². The second kappa shape index (κ2) is 5.36. The number of hydrogen-bond donors (Lipinski definition) is 0. The molecular formula is C13H15BrN2O2S. The van der Waals surface area contributed by atoms with Gasteiger partial charge in [-0.1, -0.05) is 0 Å². The molecule has 19 heavy (non-hydrogen) atoms. The molecule has 0 aromatic carbocycles. The van der Waals surface area contributed by atoms with Crippen molar-refractivity contribution in [2.45, 2.75) is 6.54 Å². The van der Waals surface area contributed by atoms with Crippen molar-refractivity contribution in [1.29, 1.82) is 0 Å². The Labute approximate surface area is 123 Å². The van der Waals surface area contributed by atoms with Crippen molar-refractivity contribution < 1.29 is 4.74 Å². The van der Waals surface area contributed by atoms with Crippen LogP contribution in [0, 0.1) is 0 Å². The molecule has 4 nitrogen and oxygen atoms in total. The lowest BCUT2D eigenvalue weighted by Crippen LogP contribution is -2.35. The van der Waals surface area contributed by atoms with Gasteiger partial charge in [0.2, 0.25) is 0 Å². The Balaban J connectivity index is 1.95. The van der Waals surface area contributed by atoms with E-state index in [1.54, 1.807) is 23.0 Å². The fraction of sp³-hybridized carbons (Fsp3) is 0.462. The highest BCUT2D eigenvalue weighted by Crippen LogP contribution is 2.30. The molecule has 3 rings (SSSR count). The zero-order valence-electron chi connectivity index (χ0n) is 10.7. The first-order chi connectivity index (χ1) is 9.15. The third kappa shape index (κ3) is 2.63. The molecule has 102 valence electrons. The standard InChI is InChI=1S/C13H15BrN2O2S/c1-15-8-11(14)12-10(13(15)17)6-9(19-12)7-16-2-4-18-5-3-16/h6,8H,2-5,7H2,1H3. The summed E-state index contributed by atoms with van der Waals surface area (Å²) in [6.07, 6.45) is 1.83. The van der Waals surface area contributed by atoms with Crippen molar-refractivity contribution in [2.75, 3.05) is 26.3 Å². The Hall–Kier alpha value is -0.690. The highest BCUT2D eigenvalue weighted by atomic mass is 79.9. The van der Waals surface area contributed by atoms with E-state index < -0.39 is 0 Å². The van der Waals surface area contributed by atoms with Crippen molar-refractivity contribution in [2.24, 2.45) is 7.05 Å². The second-order valence-corrected chi connectivity index (χ2v) is 6.73. The van der Waals surface area contributed by atoms with Gasteiger partial charge in [-0.25, -0.2) is 0 Å². The summed E-state index contributed by atoms with van der Waals surface area (Å²) in [6.45, 7) is 4.44. The Morgan fingerprint density at radius 1 is 1.42 bits per heavy atom. The van der Waals surface area contributed by atoms with E-state index in [1.165, 1.54) is 4.88 Å². The first-order valence-electron chi connectivity index (χ1n) is 6.23. The maximum Gasteiger partial charge on any atom is 0.259 e. The minimum Gasteiger partial charge on any atom is -0.379 e. The van der Waals surface area contributed by atoms with Crippen LogP contribution in [-0.4, -0.2) is 35.8 Å². The summed E-state index contributed by atoms with van der Waals surface area (Å²) in [6, 6.07) is 2.03. The lowest BCUT2D eigenvalue weighted by molar-refractivity contribution is 0.0346. The molecular weight excluding hydrogens is 328 g/mol. The van der Waals surface area contributed by atoms with Gasteiger partial charge in [-0.15, -0.1) is 11.3 Å². The van der Waals surface area contributed by atoms with Crippen LogP contribution in [0.25, 0.3) is 10.1 Å². The van der Waals surface area contributed by atoms with E-state index in [4.69, 9.17) is 4.74 Å². The highest BCUT2D eigenvalue weighted by molar-refractivity contribution is 9.10. The Kier molecular flexibility index (Phi) is 3.75. The Bertz CT molecular complexity index is 658. The number of hydrogen-bond acceptors (Lipinski definition) is 4. The number of aromatic nitrogens is 1. The van der Waals surface area contributed by atoms with Gasteiger partial charge in [-0.05, 0) is 22.0 Å². The van der Waals surface area contributed by atoms with Crippen LogP contribution in [0.1, 0.15) is 4.88 Å². The summed E-state index contributed by atoms with van der Waals surface area (Å²) in [5.41, 5.74) is 0.0719. The summed E-state index contributed by atoms with van der Waals surface area (Å²) in [4.78, 5) is 15.7. The Morgan fingerprint density at radius 3 is 2.89 bits per heavy atom. The van der Waals surface area contributed by atoms with Crippen LogP contribution in [0.3, 0.4) is 0 Å². The molecule has 0 spiro atoms. The SMILES string of the molecule is Cn1cc(Br)c2sc(CN3CCOCC3)cc2c1=O. The molecule has 1 saturated heterocycles. The number of fused-ring (bicyclic) bond motifs is 1. The normalized spacial score (nSPS) is 17.2. The summed E-state index contributed by atoms with van der Waals surface area (Å²) in [5, 5.41) is 0.810. The Morgan fingerprint density at radius 2 is 2.16 bits per heavy atom. The smallest absolute Gasteiger partial charge is 0.259 e. The maximum atomic E-state index is 12.1. The molecule has 0 saturated carbocycles. The minimum absolute atomic E-state index is 0.0719. The molecule has 0 amide bonds. The van der Waals surface area contributed by atoms with Crippen LogP contribution in [0.5, 0.6) is 0 Å². The largest absolute Gasteiger partial charge is 0.379 e. The number of halogens is 1. The highest BCUT2D eigenvalue weighted by Gasteiger charge is 2.14. The third-order valence-electron chi connectivity index (χ3n) is 3.34. The quantitative estimate of drug-likeness (QED) is 0.839. The number of nitrogens with zero attached hydrogens (tertiary/aromatic N) is 2. The fourth-order valence-corrected chi connectivity index (χ4v) is 4.17. The van der Waals surface area contributed by atoms with Gasteiger partial charge in [0.1, 0.15) is 0 Å². The van der Waals surface area contributed by atoms with Gasteiger partial charge in [-0.2, -0.15) is 0 Å². The lowest BCUT2D eigenvalue weighted by atomic mass is 10.3. The van der Waals surface area contributed by atoms with Crippen molar-refractivity contribution in [1.82, 2.24) is 9.47 Å². The summed E-state index contributed by atoms with van der Waals surface area (Å²) >= 11 is 5.24. The van der Waals surface area contributed by atoms with Gasteiger partial charge in [0.25, 0.3) is 5.56 Å². The molecule has 2 aromatic rings. The third-order valence-corrected chi connectivity index (χ3v) is 5.36. The second-order valence-electron chi connectivity index (χ2n) is 4.74. The van der Waals surface area contributed by atoms with Crippen molar-refractivity contribution in [3.8, 4) is 0 Å². The van der Waals surface area contributed by atoms with E-state index in [-0.39, 0.29) is 5.56 Å². The van der Waals surface area contributed by atoms with E-state index in [2.05, 4.69) is 20.8 Å². The average molecular weight is 343 g/mol. The lowest BCUT2D eigenvalue weighted by Gasteiger charge is -2.25. The van der Waals surface area contributed by atoms with Crippen LogP contribution >= 0.6 is 27.3 Å². The summed E-state index contributed by atoms with van der Waals surface area (Å²) in [7, 11) is 1.78. The summed E-state index contributed by atoms with van der Waals surface area (Å²) in [5.74, 6) is 0. The molecule has 1 fully saturated rings. The molecule has 0 N–H and O–H groups in total. The topological polar surface area (TPSA) is 34.5 Å². The van der Waals surface area contributed by atoms with Gasteiger partial charge in [0, 0.05) is 37.8 Å². The molecule has 0 aliphatic carbocycles. The van der Waals surface area contributed by atoms with Crippen LogP contribution in [0.2, 0.25) is 0 Å². The molecule has 0 radical (unpaired) electrons. The average Bonchev–Trinajstić information content (AvgIpc) is 2.82. The maximum absolute atomic E-state index is 12.1. The molecule has 0 atom stereocenters. The van der Waals surface area contributed by atoms with Crippen molar-refractivity contribution in [3.05, 3.63) is 32.0 Å². The van der Waals surface area contributed by atoms with Crippen LogP contribution in [0.15, 0.2) is 21.5 Å². The van der Waals surface area contributed by atoms with E-state index in [1.807, 2.05) is 12.3 Å². The fourth-order valence-electron chi connectivity index (χ4n) is 2.31. The zero-order valence-corrected chi connectivity index (χ0v) is 13.1. The van der Waals surface area contributed by atoms with E-state index in [0.29, 0.717) is 0 Å². The van der Waals surface area contributed by atoms with Crippen molar-refractivity contribution in [3.63, 3.8) is 0 Å². The minimum atomic E-state index is 0.0719. The molecule has 6 heteroatoms. The van der Waals surface area contributed by atoms with E-state index in [0.717, 1.165) is 47.4 Å². The first-order valence-corrected chi connectivity index (χ1v) is 7.84. The molecule has 1 aliphatic rings. The van der Waals surface area contributed by atoms with Gasteiger partial charge in [0.05, 0.1) is 27.8 Å². The predicted molar refractivity (Wildman–Crippen MR) is 80.9 cm³/mol.